The van der Waals surface area contributed by atoms with Crippen LogP contribution in [0.2, 0.25) is 5.02 Å². The van der Waals surface area contributed by atoms with Crippen molar-refractivity contribution in [3.63, 3.8) is 0 Å². The first kappa shape index (κ1) is 14.5. The van der Waals surface area contributed by atoms with Crippen molar-refractivity contribution in [2.24, 2.45) is 0 Å². The Morgan fingerprint density at radius 2 is 2.19 bits per heavy atom. The van der Waals surface area contributed by atoms with E-state index in [1.165, 1.54) is 23.5 Å². The summed E-state index contributed by atoms with van der Waals surface area (Å²) < 4.78 is 13.9. The molecule has 0 unspecified atom stereocenters. The van der Waals surface area contributed by atoms with Crippen LogP contribution in [0.3, 0.4) is 0 Å². The lowest BCUT2D eigenvalue weighted by Crippen LogP contribution is -2.25. The molecule has 108 valence electrons. The van der Waals surface area contributed by atoms with Gasteiger partial charge in [-0.25, -0.2) is 4.39 Å². The van der Waals surface area contributed by atoms with E-state index in [1.54, 1.807) is 29.4 Å². The summed E-state index contributed by atoms with van der Waals surface area (Å²) in [4.78, 5) is 15.7. The molecule has 0 aliphatic rings. The first-order valence-electron chi connectivity index (χ1n) is 6.21. The number of halogens is 2. The number of nitrogens with zero attached hydrogens (tertiary/aromatic N) is 1. The predicted molar refractivity (Wildman–Crippen MR) is 86.9 cm³/mol. The minimum absolute atomic E-state index is 0.144. The van der Waals surface area contributed by atoms with Crippen LogP contribution in [0.25, 0.3) is 10.1 Å². The van der Waals surface area contributed by atoms with Gasteiger partial charge in [0.15, 0.2) is 0 Å². The molecule has 0 atom stereocenters. The number of amides is 1. The molecular weight excluding hydrogens is 329 g/mol. The van der Waals surface area contributed by atoms with E-state index >= 15 is 0 Å². The van der Waals surface area contributed by atoms with Gasteiger partial charge in [0.1, 0.15) is 10.7 Å². The summed E-state index contributed by atoms with van der Waals surface area (Å²) in [5, 5.41) is 3.09. The molecule has 6 heteroatoms. The maximum atomic E-state index is 13.3. The van der Waals surface area contributed by atoms with Crippen molar-refractivity contribution < 1.29 is 9.18 Å². The highest BCUT2D eigenvalue weighted by atomic mass is 35.5. The smallest absolute Gasteiger partial charge is 0.265 e. The molecule has 0 saturated carbocycles. The molecule has 0 spiro atoms. The molecule has 0 aliphatic heterocycles. The molecular formula is C15H11ClFNOS2. The van der Waals surface area contributed by atoms with E-state index in [-0.39, 0.29) is 11.7 Å². The first-order chi connectivity index (χ1) is 10.1. The number of benzene rings is 1. The van der Waals surface area contributed by atoms with Crippen LogP contribution in [-0.2, 0) is 6.54 Å². The fraction of sp³-hybridized carbons (Fsp3) is 0.133. The highest BCUT2D eigenvalue weighted by Gasteiger charge is 2.20. The lowest BCUT2D eigenvalue weighted by Gasteiger charge is -2.15. The molecule has 0 aliphatic carbocycles. The summed E-state index contributed by atoms with van der Waals surface area (Å²) in [6, 6.07) is 8.30. The number of carbonyl (C=O) groups excluding carboxylic acids is 1. The predicted octanol–water partition coefficient (Wildman–Crippen LogP) is 5.03. The van der Waals surface area contributed by atoms with Crippen molar-refractivity contribution in [3.05, 3.63) is 56.3 Å². The number of fused-ring (bicyclic) bond motifs is 1. The molecule has 2 heterocycles. The number of hydrogen-bond donors (Lipinski definition) is 0. The summed E-state index contributed by atoms with van der Waals surface area (Å²) in [5.74, 6) is -0.471. The molecule has 1 amide bonds. The van der Waals surface area contributed by atoms with Gasteiger partial charge in [0.05, 0.1) is 11.6 Å². The fourth-order valence-corrected chi connectivity index (χ4v) is 4.35. The lowest BCUT2D eigenvalue weighted by atomic mass is 10.2. The zero-order chi connectivity index (χ0) is 15.0. The van der Waals surface area contributed by atoms with Gasteiger partial charge in [0.25, 0.3) is 5.91 Å². The molecule has 2 aromatic heterocycles. The van der Waals surface area contributed by atoms with Gasteiger partial charge in [0, 0.05) is 22.0 Å². The van der Waals surface area contributed by atoms with Crippen LogP contribution in [-0.4, -0.2) is 17.9 Å². The van der Waals surface area contributed by atoms with Crippen LogP contribution in [0.4, 0.5) is 4.39 Å². The molecule has 0 fully saturated rings. The molecule has 0 radical (unpaired) electrons. The largest absolute Gasteiger partial charge is 0.336 e. The summed E-state index contributed by atoms with van der Waals surface area (Å²) in [6.45, 7) is 0.537. The maximum Gasteiger partial charge on any atom is 0.265 e. The molecule has 0 saturated heterocycles. The number of thiophene rings is 2. The maximum absolute atomic E-state index is 13.3. The molecule has 2 nitrogen and oxygen atoms in total. The second kappa shape index (κ2) is 5.75. The Bertz CT molecular complexity index is 797. The van der Waals surface area contributed by atoms with Gasteiger partial charge in [-0.3, -0.25) is 4.79 Å². The molecule has 1 aromatic carbocycles. The standard InChI is InChI=1S/C15H11ClFNOS2/c1-18(8-10-3-2-6-20-10)15(19)14-13(16)11-5-4-9(17)7-12(11)21-14/h2-7H,8H2,1H3. The average Bonchev–Trinajstić information content (AvgIpc) is 3.06. The highest BCUT2D eigenvalue weighted by molar-refractivity contribution is 7.21. The van der Waals surface area contributed by atoms with Gasteiger partial charge < -0.3 is 4.90 Å². The normalized spacial score (nSPS) is 11.0. The van der Waals surface area contributed by atoms with Gasteiger partial charge in [-0.1, -0.05) is 17.7 Å². The van der Waals surface area contributed by atoms with Crippen LogP contribution in [0.15, 0.2) is 35.7 Å². The first-order valence-corrected chi connectivity index (χ1v) is 8.29. The van der Waals surface area contributed by atoms with Crippen molar-refractivity contribution in [2.75, 3.05) is 7.05 Å². The summed E-state index contributed by atoms with van der Waals surface area (Å²) in [7, 11) is 1.74. The minimum atomic E-state index is -0.327. The summed E-state index contributed by atoms with van der Waals surface area (Å²) >= 11 is 9.10. The fourth-order valence-electron chi connectivity index (χ4n) is 2.06. The van der Waals surface area contributed by atoms with Crippen molar-refractivity contribution in [1.82, 2.24) is 4.90 Å². The van der Waals surface area contributed by atoms with Crippen molar-refractivity contribution in [3.8, 4) is 0 Å². The second-order valence-electron chi connectivity index (χ2n) is 4.63. The van der Waals surface area contributed by atoms with E-state index in [9.17, 15) is 9.18 Å². The van der Waals surface area contributed by atoms with Crippen LogP contribution < -0.4 is 0 Å². The molecule has 3 aromatic rings. The average molecular weight is 340 g/mol. The minimum Gasteiger partial charge on any atom is -0.336 e. The Hall–Kier alpha value is -1.43. The molecule has 21 heavy (non-hydrogen) atoms. The SMILES string of the molecule is CN(Cc1cccs1)C(=O)c1sc2cc(F)ccc2c1Cl. The third-order valence-electron chi connectivity index (χ3n) is 3.11. The quantitative estimate of drug-likeness (QED) is 0.655. The van der Waals surface area contributed by atoms with E-state index < -0.39 is 0 Å². The van der Waals surface area contributed by atoms with Crippen molar-refractivity contribution in [2.45, 2.75) is 6.54 Å². The Labute approximate surface area is 134 Å². The van der Waals surface area contributed by atoms with Gasteiger partial charge >= 0.3 is 0 Å². The molecule has 0 N–H and O–H groups in total. The summed E-state index contributed by atoms with van der Waals surface area (Å²) in [5.41, 5.74) is 0. The monoisotopic (exact) mass is 339 g/mol. The highest BCUT2D eigenvalue weighted by Crippen LogP contribution is 2.36. The Balaban J connectivity index is 1.92. The summed E-state index contributed by atoms with van der Waals surface area (Å²) in [6.07, 6.45) is 0. The number of rotatable bonds is 3. The van der Waals surface area contributed by atoms with E-state index in [4.69, 9.17) is 11.6 Å². The number of carbonyl (C=O) groups is 1. The third-order valence-corrected chi connectivity index (χ3v) is 5.61. The van der Waals surface area contributed by atoms with Crippen LogP contribution >= 0.6 is 34.3 Å². The molecule has 3 rings (SSSR count). The van der Waals surface area contributed by atoms with Crippen LogP contribution in [0.1, 0.15) is 14.5 Å². The zero-order valence-electron chi connectivity index (χ0n) is 11.1. The Morgan fingerprint density at radius 1 is 1.38 bits per heavy atom. The van der Waals surface area contributed by atoms with Crippen molar-refractivity contribution in [1.29, 1.82) is 0 Å². The van der Waals surface area contributed by atoms with Crippen LogP contribution in [0, 0.1) is 5.82 Å². The van der Waals surface area contributed by atoms with Gasteiger partial charge in [-0.2, -0.15) is 0 Å². The van der Waals surface area contributed by atoms with Gasteiger partial charge in [-0.05, 0) is 29.6 Å². The zero-order valence-corrected chi connectivity index (χ0v) is 13.5. The van der Waals surface area contributed by atoms with Crippen molar-refractivity contribution >= 4 is 50.3 Å². The lowest BCUT2D eigenvalue weighted by molar-refractivity contribution is 0.0791. The third kappa shape index (κ3) is 2.81. The van der Waals surface area contributed by atoms with E-state index in [0.717, 1.165) is 10.3 Å². The van der Waals surface area contributed by atoms with Gasteiger partial charge in [0.2, 0.25) is 0 Å². The topological polar surface area (TPSA) is 20.3 Å². The van der Waals surface area contributed by atoms with Crippen LogP contribution in [0.5, 0.6) is 0 Å². The van der Waals surface area contributed by atoms with E-state index in [2.05, 4.69) is 0 Å². The van der Waals surface area contributed by atoms with E-state index in [0.29, 0.717) is 21.1 Å². The number of hydrogen-bond acceptors (Lipinski definition) is 3. The Kier molecular flexibility index (Phi) is 3.97. The second-order valence-corrected chi connectivity index (χ2v) is 7.09. The molecule has 0 bridgehead atoms. The Morgan fingerprint density at radius 3 is 2.90 bits per heavy atom. The van der Waals surface area contributed by atoms with Gasteiger partial charge in [-0.15, -0.1) is 22.7 Å². The van der Waals surface area contributed by atoms with E-state index in [1.807, 2.05) is 17.5 Å².